The van der Waals surface area contributed by atoms with Gasteiger partial charge in [-0.05, 0) is 31.0 Å². The van der Waals surface area contributed by atoms with E-state index in [0.29, 0.717) is 0 Å². The van der Waals surface area contributed by atoms with Crippen molar-refractivity contribution in [1.82, 2.24) is 5.32 Å². The zero-order valence-corrected chi connectivity index (χ0v) is 12.0. The van der Waals surface area contributed by atoms with E-state index >= 15 is 0 Å². The maximum Gasteiger partial charge on any atom is 0.234 e. The van der Waals surface area contributed by atoms with Gasteiger partial charge in [0.25, 0.3) is 0 Å². The third kappa shape index (κ3) is 4.04. The van der Waals surface area contributed by atoms with E-state index in [-0.39, 0.29) is 16.8 Å². The minimum atomic E-state index is -0.129. The number of rotatable bonds is 5. The number of carbonyl (C=O) groups is 1. The van der Waals surface area contributed by atoms with Crippen molar-refractivity contribution in [2.45, 2.75) is 31.1 Å². The second kappa shape index (κ2) is 6.64. The highest BCUT2D eigenvalue weighted by atomic mass is 79.9. The molecule has 1 amide bonds. The molecule has 2 atom stereocenters. The minimum Gasteiger partial charge on any atom is -0.497 e. The first-order chi connectivity index (χ1) is 8.08. The average molecular weight is 300 g/mol. The fourth-order valence-electron chi connectivity index (χ4n) is 1.48. The summed E-state index contributed by atoms with van der Waals surface area (Å²) in [5.74, 6) is 0.817. The minimum absolute atomic E-state index is 0.0165. The molecule has 3 nitrogen and oxygen atoms in total. The van der Waals surface area contributed by atoms with Crippen LogP contribution in [0.5, 0.6) is 5.75 Å². The highest BCUT2D eigenvalue weighted by Gasteiger charge is 2.15. The quantitative estimate of drug-likeness (QED) is 0.849. The van der Waals surface area contributed by atoms with E-state index in [9.17, 15) is 4.79 Å². The summed E-state index contributed by atoms with van der Waals surface area (Å²) in [6.07, 6.45) is 0.774. The maximum atomic E-state index is 11.7. The molecule has 0 saturated carbocycles. The molecule has 0 aliphatic heterocycles. The Morgan fingerprint density at radius 2 is 2.24 bits per heavy atom. The largest absolute Gasteiger partial charge is 0.497 e. The number of alkyl halides is 1. The first kappa shape index (κ1) is 14.0. The molecule has 0 heterocycles. The lowest BCUT2D eigenvalue weighted by Gasteiger charge is -2.17. The average Bonchev–Trinajstić information content (AvgIpc) is 2.37. The van der Waals surface area contributed by atoms with Gasteiger partial charge in [0.15, 0.2) is 0 Å². The van der Waals surface area contributed by atoms with Gasteiger partial charge in [0, 0.05) is 0 Å². The molecule has 0 bridgehead atoms. The summed E-state index contributed by atoms with van der Waals surface area (Å²) in [4.78, 5) is 11.6. The van der Waals surface area contributed by atoms with Crippen molar-refractivity contribution < 1.29 is 9.53 Å². The van der Waals surface area contributed by atoms with Crippen molar-refractivity contribution in [2.24, 2.45) is 0 Å². The second-order valence-corrected chi connectivity index (χ2v) is 4.99. The van der Waals surface area contributed by atoms with Gasteiger partial charge in [0.2, 0.25) is 5.91 Å². The van der Waals surface area contributed by atoms with Gasteiger partial charge in [-0.25, -0.2) is 0 Å². The molecule has 94 valence electrons. The summed E-state index contributed by atoms with van der Waals surface area (Å²) in [6.45, 7) is 3.93. The van der Waals surface area contributed by atoms with E-state index in [2.05, 4.69) is 21.2 Å². The fraction of sp³-hybridized carbons (Fsp3) is 0.462. The molecule has 1 aromatic rings. The van der Waals surface area contributed by atoms with Gasteiger partial charge in [-0.15, -0.1) is 0 Å². The molecule has 1 unspecified atom stereocenters. The van der Waals surface area contributed by atoms with Crippen LogP contribution >= 0.6 is 15.9 Å². The summed E-state index contributed by atoms with van der Waals surface area (Å²) in [5, 5.41) is 2.96. The SMILES string of the molecule is CCC(Br)C(=O)N[C@@H](C)c1cccc(OC)c1. The van der Waals surface area contributed by atoms with Crippen LogP contribution in [0.3, 0.4) is 0 Å². The van der Waals surface area contributed by atoms with E-state index in [1.54, 1.807) is 7.11 Å². The van der Waals surface area contributed by atoms with Crippen molar-refractivity contribution in [1.29, 1.82) is 0 Å². The van der Waals surface area contributed by atoms with E-state index in [1.165, 1.54) is 0 Å². The standard InChI is InChI=1S/C13H18BrNO2/c1-4-12(14)13(16)15-9(2)10-6-5-7-11(8-10)17-3/h5-9,12H,4H2,1-3H3,(H,15,16)/t9-,12?/m0/s1. The third-order valence-corrected chi connectivity index (χ3v) is 3.66. The Morgan fingerprint density at radius 3 is 2.82 bits per heavy atom. The smallest absolute Gasteiger partial charge is 0.234 e. The highest BCUT2D eigenvalue weighted by molar-refractivity contribution is 9.10. The molecule has 1 N–H and O–H groups in total. The molecule has 0 aromatic heterocycles. The summed E-state index contributed by atoms with van der Waals surface area (Å²) in [5.41, 5.74) is 1.04. The van der Waals surface area contributed by atoms with Crippen LogP contribution in [0.25, 0.3) is 0 Å². The van der Waals surface area contributed by atoms with Crippen LogP contribution in [0.4, 0.5) is 0 Å². The van der Waals surface area contributed by atoms with Crippen LogP contribution in [-0.4, -0.2) is 17.8 Å². The number of hydrogen-bond acceptors (Lipinski definition) is 2. The molecular formula is C13H18BrNO2. The lowest BCUT2D eigenvalue weighted by Crippen LogP contribution is -2.32. The molecular weight excluding hydrogens is 282 g/mol. The van der Waals surface area contributed by atoms with Gasteiger partial charge in [-0.1, -0.05) is 35.0 Å². The van der Waals surface area contributed by atoms with Crippen LogP contribution in [0.1, 0.15) is 31.9 Å². The predicted octanol–water partition coefficient (Wildman–Crippen LogP) is 3.05. The number of carbonyl (C=O) groups excluding carboxylic acids is 1. The van der Waals surface area contributed by atoms with E-state index < -0.39 is 0 Å². The highest BCUT2D eigenvalue weighted by Crippen LogP contribution is 2.19. The Hall–Kier alpha value is -1.03. The number of amides is 1. The summed E-state index contributed by atoms with van der Waals surface area (Å²) < 4.78 is 5.16. The molecule has 1 aromatic carbocycles. The summed E-state index contributed by atoms with van der Waals surface area (Å²) >= 11 is 3.33. The molecule has 17 heavy (non-hydrogen) atoms. The fourth-order valence-corrected chi connectivity index (χ4v) is 1.62. The van der Waals surface area contributed by atoms with Crippen molar-refractivity contribution in [3.63, 3.8) is 0 Å². The van der Waals surface area contributed by atoms with Crippen LogP contribution < -0.4 is 10.1 Å². The van der Waals surface area contributed by atoms with Gasteiger partial charge in [0.1, 0.15) is 5.75 Å². The van der Waals surface area contributed by atoms with Crippen LogP contribution in [0.2, 0.25) is 0 Å². The van der Waals surface area contributed by atoms with Crippen LogP contribution in [0.15, 0.2) is 24.3 Å². The first-order valence-electron chi connectivity index (χ1n) is 5.66. The Kier molecular flexibility index (Phi) is 5.48. The Bertz CT molecular complexity index is 381. The lowest BCUT2D eigenvalue weighted by atomic mass is 10.1. The number of hydrogen-bond donors (Lipinski definition) is 1. The van der Waals surface area contributed by atoms with Crippen molar-refractivity contribution in [2.75, 3.05) is 7.11 Å². The Morgan fingerprint density at radius 1 is 1.53 bits per heavy atom. The molecule has 4 heteroatoms. The van der Waals surface area contributed by atoms with E-state index in [0.717, 1.165) is 17.7 Å². The van der Waals surface area contributed by atoms with Crippen molar-refractivity contribution >= 4 is 21.8 Å². The lowest BCUT2D eigenvalue weighted by molar-refractivity contribution is -0.121. The first-order valence-corrected chi connectivity index (χ1v) is 6.58. The number of methoxy groups -OCH3 is 1. The molecule has 0 aliphatic carbocycles. The monoisotopic (exact) mass is 299 g/mol. The van der Waals surface area contributed by atoms with E-state index in [4.69, 9.17) is 4.74 Å². The molecule has 0 radical (unpaired) electrons. The Balaban J connectivity index is 2.69. The van der Waals surface area contributed by atoms with Gasteiger partial charge >= 0.3 is 0 Å². The predicted molar refractivity (Wildman–Crippen MR) is 72.6 cm³/mol. The third-order valence-electron chi connectivity index (χ3n) is 2.60. The summed E-state index contributed by atoms with van der Waals surface area (Å²) in [7, 11) is 1.63. The van der Waals surface area contributed by atoms with Crippen LogP contribution in [0, 0.1) is 0 Å². The summed E-state index contributed by atoms with van der Waals surface area (Å²) in [6, 6.07) is 7.69. The normalized spacial score (nSPS) is 13.9. The molecule has 0 spiro atoms. The van der Waals surface area contributed by atoms with Gasteiger partial charge < -0.3 is 10.1 Å². The number of benzene rings is 1. The van der Waals surface area contributed by atoms with Gasteiger partial charge in [0.05, 0.1) is 18.0 Å². The van der Waals surface area contributed by atoms with Gasteiger partial charge in [-0.3, -0.25) is 4.79 Å². The second-order valence-electron chi connectivity index (χ2n) is 3.88. The number of ether oxygens (including phenoxy) is 1. The molecule has 0 saturated heterocycles. The van der Waals surface area contributed by atoms with Crippen molar-refractivity contribution in [3.8, 4) is 5.75 Å². The van der Waals surface area contributed by atoms with Crippen molar-refractivity contribution in [3.05, 3.63) is 29.8 Å². The zero-order valence-electron chi connectivity index (χ0n) is 10.4. The Labute approximate surface area is 111 Å². The maximum absolute atomic E-state index is 11.7. The molecule has 0 fully saturated rings. The number of halogens is 1. The van der Waals surface area contributed by atoms with E-state index in [1.807, 2.05) is 38.1 Å². The molecule has 0 aliphatic rings. The topological polar surface area (TPSA) is 38.3 Å². The molecule has 1 rings (SSSR count). The van der Waals surface area contributed by atoms with Gasteiger partial charge in [-0.2, -0.15) is 0 Å². The van der Waals surface area contributed by atoms with Crippen LogP contribution in [-0.2, 0) is 4.79 Å². The number of nitrogens with one attached hydrogen (secondary N) is 1. The zero-order chi connectivity index (χ0) is 12.8.